The van der Waals surface area contributed by atoms with Gasteiger partial charge in [-0.1, -0.05) is 29.4 Å². The minimum Gasteiger partial charge on any atom is -0.302 e. The number of anilines is 1. The minimum atomic E-state index is 0.101. The van der Waals surface area contributed by atoms with Crippen molar-refractivity contribution in [2.45, 2.75) is 26.2 Å². The van der Waals surface area contributed by atoms with Crippen LogP contribution in [0.15, 0.2) is 12.1 Å². The monoisotopic (exact) mass is 280 g/mol. The summed E-state index contributed by atoms with van der Waals surface area (Å²) in [6.07, 6.45) is 3.16. The zero-order chi connectivity index (χ0) is 12.7. The first-order valence-corrected chi connectivity index (χ1v) is 7.21. The number of rotatable bonds is 2. The molecule has 0 saturated heterocycles. The number of hydrogen-bond acceptors (Lipinski definition) is 3. The molecule has 1 heterocycles. The van der Waals surface area contributed by atoms with Gasteiger partial charge in [0.25, 0.3) is 0 Å². The molecule has 5 heteroatoms. The second-order valence-corrected chi connectivity index (χ2v) is 6.09. The molecule has 1 aliphatic rings. The fourth-order valence-corrected chi connectivity index (χ4v) is 3.11. The zero-order valence-corrected chi connectivity index (χ0v) is 11.6. The lowest BCUT2D eigenvalue weighted by Crippen LogP contribution is -2.27. The molecule has 0 atom stereocenters. The Morgan fingerprint density at radius 2 is 2.28 bits per heavy atom. The molecule has 1 aliphatic carbocycles. The number of aromatic nitrogens is 1. The first kappa shape index (κ1) is 11.9. The van der Waals surface area contributed by atoms with E-state index in [1.807, 2.05) is 19.1 Å². The predicted octanol–water partition coefficient (Wildman–Crippen LogP) is 4.00. The summed E-state index contributed by atoms with van der Waals surface area (Å²) >= 11 is 7.56. The number of carbonyl (C=O) groups is 1. The van der Waals surface area contributed by atoms with E-state index < -0.39 is 0 Å². The van der Waals surface area contributed by atoms with E-state index in [9.17, 15) is 4.79 Å². The summed E-state index contributed by atoms with van der Waals surface area (Å²) in [6.45, 7) is 1.95. The minimum absolute atomic E-state index is 0.101. The van der Waals surface area contributed by atoms with E-state index in [4.69, 9.17) is 11.6 Å². The molecular formula is C13H13ClN2OS. The SMILES string of the molecule is Cc1c(Cl)ccc2sc(NC(=O)C3CCC3)nc12. The lowest BCUT2D eigenvalue weighted by atomic mass is 9.85. The molecule has 3 rings (SSSR count). The summed E-state index contributed by atoms with van der Waals surface area (Å²) in [7, 11) is 0. The van der Waals surface area contributed by atoms with Crippen LogP contribution in [0.4, 0.5) is 5.13 Å². The van der Waals surface area contributed by atoms with Gasteiger partial charge in [0.1, 0.15) is 0 Å². The van der Waals surface area contributed by atoms with Crippen LogP contribution in [0.1, 0.15) is 24.8 Å². The van der Waals surface area contributed by atoms with Gasteiger partial charge in [0.05, 0.1) is 10.2 Å². The third kappa shape index (κ3) is 1.99. The maximum atomic E-state index is 11.9. The van der Waals surface area contributed by atoms with Gasteiger partial charge in [0.2, 0.25) is 5.91 Å². The first-order valence-electron chi connectivity index (χ1n) is 6.01. The maximum Gasteiger partial charge on any atom is 0.229 e. The zero-order valence-electron chi connectivity index (χ0n) is 10.00. The molecule has 3 nitrogen and oxygen atoms in total. The third-order valence-electron chi connectivity index (χ3n) is 3.45. The topological polar surface area (TPSA) is 42.0 Å². The molecule has 0 bridgehead atoms. The Labute approximate surface area is 114 Å². The van der Waals surface area contributed by atoms with Crippen molar-refractivity contribution >= 4 is 44.2 Å². The highest BCUT2D eigenvalue weighted by Crippen LogP contribution is 2.33. The van der Waals surface area contributed by atoms with Crippen molar-refractivity contribution in [3.63, 3.8) is 0 Å². The van der Waals surface area contributed by atoms with Crippen LogP contribution in [0.5, 0.6) is 0 Å². The molecule has 1 aromatic heterocycles. The number of fused-ring (bicyclic) bond motifs is 1. The standard InChI is InChI=1S/C13H13ClN2OS/c1-7-9(14)5-6-10-11(7)15-13(18-10)16-12(17)8-3-2-4-8/h5-6,8H,2-4H2,1H3,(H,15,16,17). The summed E-state index contributed by atoms with van der Waals surface area (Å²) in [4.78, 5) is 16.3. The van der Waals surface area contributed by atoms with Crippen LogP contribution in [0.3, 0.4) is 0 Å². The largest absolute Gasteiger partial charge is 0.302 e. The maximum absolute atomic E-state index is 11.9. The molecule has 0 unspecified atom stereocenters. The summed E-state index contributed by atoms with van der Waals surface area (Å²) in [5.74, 6) is 0.283. The number of nitrogens with zero attached hydrogens (tertiary/aromatic N) is 1. The van der Waals surface area contributed by atoms with E-state index in [-0.39, 0.29) is 11.8 Å². The number of thiazole rings is 1. The number of aryl methyl sites for hydroxylation is 1. The summed E-state index contributed by atoms with van der Waals surface area (Å²) in [6, 6.07) is 3.82. The second-order valence-electron chi connectivity index (χ2n) is 4.66. The van der Waals surface area contributed by atoms with Gasteiger partial charge in [-0.3, -0.25) is 4.79 Å². The molecule has 1 saturated carbocycles. The summed E-state index contributed by atoms with van der Waals surface area (Å²) < 4.78 is 1.06. The average molecular weight is 281 g/mol. The van der Waals surface area contributed by atoms with Crippen molar-refractivity contribution < 1.29 is 4.79 Å². The highest BCUT2D eigenvalue weighted by atomic mass is 35.5. The van der Waals surface area contributed by atoms with Crippen LogP contribution in [-0.4, -0.2) is 10.9 Å². The fraction of sp³-hybridized carbons (Fsp3) is 0.385. The number of benzene rings is 1. The Kier molecular flexibility index (Phi) is 2.99. The molecule has 2 aromatic rings. The van der Waals surface area contributed by atoms with E-state index in [1.165, 1.54) is 11.3 Å². The van der Waals surface area contributed by atoms with Crippen LogP contribution < -0.4 is 5.32 Å². The van der Waals surface area contributed by atoms with Crippen LogP contribution in [0, 0.1) is 12.8 Å². The molecule has 1 amide bonds. The van der Waals surface area contributed by atoms with Gasteiger partial charge >= 0.3 is 0 Å². The van der Waals surface area contributed by atoms with E-state index in [0.29, 0.717) is 10.2 Å². The van der Waals surface area contributed by atoms with Crippen LogP contribution in [0.2, 0.25) is 5.02 Å². The Morgan fingerprint density at radius 3 is 2.94 bits per heavy atom. The molecule has 1 aromatic carbocycles. The van der Waals surface area contributed by atoms with Crippen molar-refractivity contribution in [1.29, 1.82) is 0 Å². The molecule has 18 heavy (non-hydrogen) atoms. The van der Waals surface area contributed by atoms with Crippen molar-refractivity contribution in [3.05, 3.63) is 22.7 Å². The molecule has 94 valence electrons. The van der Waals surface area contributed by atoms with Crippen molar-refractivity contribution in [1.82, 2.24) is 4.98 Å². The van der Waals surface area contributed by atoms with Crippen LogP contribution in [0.25, 0.3) is 10.2 Å². The highest BCUT2D eigenvalue weighted by molar-refractivity contribution is 7.22. The van der Waals surface area contributed by atoms with Gasteiger partial charge in [0.15, 0.2) is 5.13 Å². The van der Waals surface area contributed by atoms with E-state index in [2.05, 4.69) is 10.3 Å². The van der Waals surface area contributed by atoms with Gasteiger partial charge < -0.3 is 5.32 Å². The van der Waals surface area contributed by atoms with Crippen molar-refractivity contribution in [2.24, 2.45) is 5.92 Å². The second kappa shape index (κ2) is 4.52. The quantitative estimate of drug-likeness (QED) is 0.903. The molecule has 1 N–H and O–H groups in total. The third-order valence-corrected chi connectivity index (χ3v) is 4.80. The van der Waals surface area contributed by atoms with Gasteiger partial charge in [-0.15, -0.1) is 0 Å². The highest BCUT2D eigenvalue weighted by Gasteiger charge is 2.25. The number of hydrogen-bond donors (Lipinski definition) is 1. The van der Waals surface area contributed by atoms with Crippen molar-refractivity contribution in [2.75, 3.05) is 5.32 Å². The number of amides is 1. The lowest BCUT2D eigenvalue weighted by molar-refractivity contribution is -0.122. The van der Waals surface area contributed by atoms with E-state index in [1.54, 1.807) is 0 Å². The van der Waals surface area contributed by atoms with Gasteiger partial charge in [-0.2, -0.15) is 0 Å². The normalized spacial score (nSPS) is 15.7. The van der Waals surface area contributed by atoms with Gasteiger partial charge in [-0.25, -0.2) is 4.98 Å². The summed E-state index contributed by atoms with van der Waals surface area (Å²) in [5.41, 5.74) is 1.85. The van der Waals surface area contributed by atoms with Gasteiger partial charge in [0, 0.05) is 10.9 Å². The fourth-order valence-electron chi connectivity index (χ4n) is 2.03. The Hall–Kier alpha value is -1.13. The molecular weight excluding hydrogens is 268 g/mol. The molecule has 0 radical (unpaired) electrons. The molecule has 0 spiro atoms. The van der Waals surface area contributed by atoms with Gasteiger partial charge in [-0.05, 0) is 37.5 Å². The van der Waals surface area contributed by atoms with E-state index in [0.717, 1.165) is 35.0 Å². The first-order chi connectivity index (χ1) is 8.65. The lowest BCUT2D eigenvalue weighted by Gasteiger charge is -2.23. The summed E-state index contributed by atoms with van der Waals surface area (Å²) in [5, 5.41) is 4.29. The molecule has 0 aliphatic heterocycles. The number of carbonyl (C=O) groups excluding carboxylic acids is 1. The van der Waals surface area contributed by atoms with Crippen LogP contribution >= 0.6 is 22.9 Å². The number of halogens is 1. The predicted molar refractivity (Wildman–Crippen MR) is 75.3 cm³/mol. The Bertz CT molecular complexity index is 619. The Morgan fingerprint density at radius 1 is 1.50 bits per heavy atom. The molecule has 1 fully saturated rings. The average Bonchev–Trinajstić information content (AvgIpc) is 2.64. The van der Waals surface area contributed by atoms with Crippen molar-refractivity contribution in [3.8, 4) is 0 Å². The van der Waals surface area contributed by atoms with E-state index >= 15 is 0 Å². The Balaban J connectivity index is 1.89. The van der Waals surface area contributed by atoms with Crippen LogP contribution in [-0.2, 0) is 4.79 Å². The smallest absolute Gasteiger partial charge is 0.229 e. The number of nitrogens with one attached hydrogen (secondary N) is 1.